The molecule has 2 amide bonds. The number of aliphatic hydroxyl groups excluding tert-OH is 1. The van der Waals surface area contributed by atoms with E-state index in [9.17, 15) is 57.8 Å². The van der Waals surface area contributed by atoms with Gasteiger partial charge in [0.15, 0.2) is 23.2 Å². The third-order valence-electron chi connectivity index (χ3n) is 4.73. The van der Waals surface area contributed by atoms with E-state index in [0.717, 1.165) is 24.3 Å². The SMILES string of the molecule is COC[C@H]1O[C@@H](n2cnc3c(N(C(=O)O)C(=O)O)ncnc32)[C@H](O)[C@@H]1OP(=O)(O)OP(=O)(O)OP(=O)(O)OP(=O)(O)O. The van der Waals surface area contributed by atoms with Gasteiger partial charge in [-0.05, 0) is 0 Å². The summed E-state index contributed by atoms with van der Waals surface area (Å²) in [6.45, 7) is -0.494. The summed E-state index contributed by atoms with van der Waals surface area (Å²) in [4.78, 5) is 79.8. The maximum absolute atomic E-state index is 12.5. The lowest BCUT2D eigenvalue weighted by Crippen LogP contribution is -2.36. The minimum atomic E-state index is -6.17. The molecule has 2 aromatic rings. The lowest BCUT2D eigenvalue weighted by Gasteiger charge is -2.24. The molecule has 8 N–H and O–H groups in total. The van der Waals surface area contributed by atoms with Crippen LogP contribution < -0.4 is 4.90 Å². The third-order valence-corrected chi connectivity index (χ3v) is 10.2. The van der Waals surface area contributed by atoms with Crippen molar-refractivity contribution in [2.45, 2.75) is 24.5 Å². The smallest absolute Gasteiger partial charge is 0.464 e. The average Bonchev–Trinajstić information content (AvgIpc) is 3.32. The van der Waals surface area contributed by atoms with Gasteiger partial charge in [0.25, 0.3) is 0 Å². The van der Waals surface area contributed by atoms with Gasteiger partial charge in [-0.2, -0.15) is 17.8 Å². The maximum Gasteiger partial charge on any atom is 0.490 e. The summed E-state index contributed by atoms with van der Waals surface area (Å²) < 4.78 is 73.4. The van der Waals surface area contributed by atoms with E-state index in [1.807, 2.05) is 0 Å². The van der Waals surface area contributed by atoms with Gasteiger partial charge < -0.3 is 49.3 Å². The molecule has 0 aliphatic carbocycles. The monoisotopic (exact) mass is 689 g/mol. The van der Waals surface area contributed by atoms with Crippen molar-refractivity contribution in [2.24, 2.45) is 0 Å². The molecular weight excluding hydrogens is 670 g/mol. The molecule has 0 aromatic carbocycles. The normalized spacial score (nSPS) is 25.4. The fourth-order valence-electron chi connectivity index (χ4n) is 3.43. The van der Waals surface area contributed by atoms with Crippen molar-refractivity contribution in [1.29, 1.82) is 0 Å². The highest BCUT2D eigenvalue weighted by molar-refractivity contribution is 7.69. The summed E-state index contributed by atoms with van der Waals surface area (Å²) in [6.07, 6.45) is -9.40. The van der Waals surface area contributed by atoms with Crippen LogP contribution in [0.15, 0.2) is 12.7 Å². The topological polar surface area (TPSA) is 366 Å². The highest BCUT2D eigenvalue weighted by atomic mass is 31.3. The molecule has 7 atom stereocenters. The molecule has 29 heteroatoms. The molecular formula is C13H19N5O20P4. The van der Waals surface area contributed by atoms with Crippen LogP contribution in [0.3, 0.4) is 0 Å². The van der Waals surface area contributed by atoms with E-state index in [4.69, 9.17) is 23.8 Å². The molecule has 3 unspecified atom stereocenters. The van der Waals surface area contributed by atoms with Crippen LogP contribution >= 0.6 is 31.3 Å². The Balaban J connectivity index is 1.89. The number of methoxy groups -OCH3 is 1. The largest absolute Gasteiger partial charge is 0.490 e. The number of carboxylic acid groups (broad SMARTS) is 2. The van der Waals surface area contributed by atoms with Crippen molar-refractivity contribution in [1.82, 2.24) is 19.5 Å². The first kappa shape index (κ1) is 34.2. The van der Waals surface area contributed by atoms with Gasteiger partial charge in [0.1, 0.15) is 24.6 Å². The second-order valence-electron chi connectivity index (χ2n) is 7.64. The van der Waals surface area contributed by atoms with Crippen LogP contribution in [0.4, 0.5) is 15.4 Å². The Morgan fingerprint density at radius 3 is 2.07 bits per heavy atom. The number of fused-ring (bicyclic) bond motifs is 1. The highest BCUT2D eigenvalue weighted by Crippen LogP contribution is 2.71. The summed E-state index contributed by atoms with van der Waals surface area (Å²) in [5.41, 5.74) is -0.722. The molecule has 0 radical (unpaired) electrons. The van der Waals surface area contributed by atoms with Gasteiger partial charge in [0.2, 0.25) is 0 Å². The Kier molecular flexibility index (Phi) is 10.1. The van der Waals surface area contributed by atoms with Crippen molar-refractivity contribution in [3.8, 4) is 0 Å². The molecule has 3 rings (SSSR count). The number of imidazole rings is 1. The Bertz CT molecular complexity index is 1530. The number of hydrogen-bond acceptors (Lipinski definition) is 16. The predicted molar refractivity (Wildman–Crippen MR) is 125 cm³/mol. The van der Waals surface area contributed by atoms with Crippen LogP contribution in [0, 0.1) is 0 Å². The number of imide groups is 1. The van der Waals surface area contributed by atoms with E-state index in [0.29, 0.717) is 0 Å². The average molecular weight is 689 g/mol. The number of ether oxygens (including phenoxy) is 2. The number of carbonyl (C=O) groups is 2. The number of nitrogens with zero attached hydrogens (tertiary/aromatic N) is 5. The zero-order chi connectivity index (χ0) is 31.8. The number of phosphoric ester groups is 1. The number of rotatable bonds is 12. The van der Waals surface area contributed by atoms with Crippen molar-refractivity contribution < 1.29 is 94.6 Å². The van der Waals surface area contributed by atoms with Crippen LogP contribution in [0.1, 0.15) is 6.23 Å². The van der Waals surface area contributed by atoms with Crippen LogP contribution in [0.2, 0.25) is 0 Å². The fourth-order valence-corrected chi connectivity index (χ4v) is 8.09. The number of aromatic nitrogens is 4. The van der Waals surface area contributed by atoms with Gasteiger partial charge in [0.05, 0.1) is 12.9 Å². The molecule has 2 aromatic heterocycles. The summed E-state index contributed by atoms with van der Waals surface area (Å²) in [6, 6.07) is 0. The second kappa shape index (κ2) is 12.4. The van der Waals surface area contributed by atoms with E-state index >= 15 is 0 Å². The maximum atomic E-state index is 12.5. The number of phosphoric acid groups is 4. The van der Waals surface area contributed by atoms with Crippen molar-refractivity contribution in [3.63, 3.8) is 0 Å². The van der Waals surface area contributed by atoms with E-state index in [1.54, 1.807) is 0 Å². The highest BCUT2D eigenvalue weighted by Gasteiger charge is 2.52. The Hall–Kier alpha value is -2.27. The Labute approximate surface area is 230 Å². The molecule has 0 spiro atoms. The lowest BCUT2D eigenvalue weighted by atomic mass is 10.1. The first-order valence-electron chi connectivity index (χ1n) is 10.3. The lowest BCUT2D eigenvalue weighted by molar-refractivity contribution is -0.0577. The van der Waals surface area contributed by atoms with Gasteiger partial charge in [-0.25, -0.2) is 42.8 Å². The van der Waals surface area contributed by atoms with Gasteiger partial charge in [-0.3, -0.25) is 9.09 Å². The molecule has 1 saturated heterocycles. The quantitative estimate of drug-likeness (QED) is 0.133. The van der Waals surface area contributed by atoms with Gasteiger partial charge in [-0.1, -0.05) is 0 Å². The van der Waals surface area contributed by atoms with Crippen LogP contribution in [-0.4, -0.2) is 104 Å². The Morgan fingerprint density at radius 1 is 0.952 bits per heavy atom. The zero-order valence-electron chi connectivity index (χ0n) is 20.2. The molecule has 3 heterocycles. The van der Waals surface area contributed by atoms with E-state index in [-0.39, 0.29) is 10.5 Å². The molecule has 1 fully saturated rings. The zero-order valence-corrected chi connectivity index (χ0v) is 23.8. The van der Waals surface area contributed by atoms with Crippen molar-refractivity contribution >= 4 is 60.5 Å². The molecule has 0 saturated carbocycles. The minimum Gasteiger partial charge on any atom is -0.464 e. The predicted octanol–water partition coefficient (Wildman–Crippen LogP) is -0.278. The number of anilines is 1. The molecule has 25 nitrogen and oxygen atoms in total. The van der Waals surface area contributed by atoms with E-state index in [2.05, 4.69) is 27.9 Å². The van der Waals surface area contributed by atoms with E-state index in [1.165, 1.54) is 0 Å². The fraction of sp³-hybridized carbons (Fsp3) is 0.462. The summed E-state index contributed by atoms with van der Waals surface area (Å²) in [5, 5.41) is 29.3. The molecule has 236 valence electrons. The van der Waals surface area contributed by atoms with Crippen molar-refractivity contribution in [3.05, 3.63) is 12.7 Å². The van der Waals surface area contributed by atoms with Gasteiger partial charge in [-0.15, -0.1) is 0 Å². The summed E-state index contributed by atoms with van der Waals surface area (Å²) >= 11 is 0. The number of aliphatic hydroxyl groups is 1. The first-order valence-corrected chi connectivity index (χ1v) is 16.3. The van der Waals surface area contributed by atoms with Gasteiger partial charge >= 0.3 is 43.5 Å². The van der Waals surface area contributed by atoms with Crippen LogP contribution in [0.25, 0.3) is 11.2 Å². The summed E-state index contributed by atoms with van der Waals surface area (Å²) in [5.74, 6) is -0.705. The van der Waals surface area contributed by atoms with Crippen LogP contribution in [-0.2, 0) is 45.2 Å². The van der Waals surface area contributed by atoms with Crippen LogP contribution in [0.5, 0.6) is 0 Å². The molecule has 42 heavy (non-hydrogen) atoms. The first-order chi connectivity index (χ1) is 19.2. The van der Waals surface area contributed by atoms with Crippen molar-refractivity contribution in [2.75, 3.05) is 18.6 Å². The Morgan fingerprint density at radius 2 is 1.52 bits per heavy atom. The molecule has 1 aliphatic rings. The molecule has 0 bridgehead atoms. The standard InChI is InChI=1S/C13H19N5O20P4/c1-33-2-5-8(35-40(27,28)37-42(31,32)38-41(29,30)36-39(24,25)26)7(19)11(34-5)17-4-16-6-9(17)14-3-15-10(6)18(12(20)21)13(22)23/h3-5,7-8,11,19H,2H2,1H3,(H,20,21)(H,22,23)(H,27,28)(H,29,30)(H,31,32)(H2,24,25,26)/t5-,7-,8-,11-/m1/s1. The third kappa shape index (κ3) is 8.21. The summed E-state index contributed by atoms with van der Waals surface area (Å²) in [7, 11) is -22.8. The number of hydrogen-bond donors (Lipinski definition) is 8. The number of amides is 2. The van der Waals surface area contributed by atoms with Gasteiger partial charge in [0, 0.05) is 7.11 Å². The van der Waals surface area contributed by atoms with E-state index < -0.39 is 86.0 Å². The minimum absolute atomic E-state index is 0.183. The second-order valence-corrected chi connectivity index (χ2v) is 13.6. The molecule has 1 aliphatic heterocycles.